The van der Waals surface area contributed by atoms with Crippen molar-refractivity contribution in [3.63, 3.8) is 0 Å². The maximum atomic E-state index is 12.8. The molecule has 2 amide bonds. The predicted molar refractivity (Wildman–Crippen MR) is 100 cm³/mol. The molecule has 0 aromatic heterocycles. The Hall–Kier alpha value is -1.88. The van der Waals surface area contributed by atoms with Crippen LogP contribution in [0, 0.1) is 5.92 Å². The third kappa shape index (κ3) is 5.30. The number of hydrogen-bond donors (Lipinski definition) is 2. The average molecular weight is 345 g/mol. The molecule has 1 fully saturated rings. The number of hydrogen-bond acceptors (Lipinski definition) is 3. The molecule has 5 heteroatoms. The zero-order valence-electron chi connectivity index (χ0n) is 15.8. The first-order valence-electron chi connectivity index (χ1n) is 9.29. The second-order valence-corrected chi connectivity index (χ2v) is 7.20. The Bertz CT molecular complexity index is 574. The lowest BCUT2D eigenvalue weighted by Crippen LogP contribution is -2.53. The zero-order chi connectivity index (χ0) is 18.4. The Kier molecular flexibility index (Phi) is 7.00. The highest BCUT2D eigenvalue weighted by Crippen LogP contribution is 2.24. The van der Waals surface area contributed by atoms with Gasteiger partial charge in [0.1, 0.15) is 6.04 Å². The smallest absolute Gasteiger partial charge is 0.241 e. The molecule has 0 unspecified atom stereocenters. The van der Waals surface area contributed by atoms with Gasteiger partial charge in [-0.05, 0) is 31.7 Å². The minimum atomic E-state index is -0.369. The number of carbonyl (C=O) groups excluding carboxylic acids is 2. The van der Waals surface area contributed by atoms with Gasteiger partial charge in [0.2, 0.25) is 11.8 Å². The normalized spacial score (nSPS) is 21.9. The summed E-state index contributed by atoms with van der Waals surface area (Å²) in [5.41, 5.74) is 0.976. The first-order valence-corrected chi connectivity index (χ1v) is 9.29. The van der Waals surface area contributed by atoms with E-state index in [9.17, 15) is 9.59 Å². The van der Waals surface area contributed by atoms with E-state index in [-0.39, 0.29) is 29.9 Å². The molecule has 0 radical (unpaired) electrons. The number of nitrogens with zero attached hydrogens (tertiary/aromatic N) is 1. The number of piperidine rings is 1. The first-order chi connectivity index (χ1) is 11.9. The second kappa shape index (κ2) is 8.99. The summed E-state index contributed by atoms with van der Waals surface area (Å²) in [6.07, 6.45) is 1.85. The van der Waals surface area contributed by atoms with Gasteiger partial charge in [0, 0.05) is 32.1 Å². The van der Waals surface area contributed by atoms with E-state index in [1.165, 1.54) is 0 Å². The van der Waals surface area contributed by atoms with E-state index in [0.717, 1.165) is 31.5 Å². The fourth-order valence-corrected chi connectivity index (χ4v) is 3.50. The molecule has 25 heavy (non-hydrogen) atoms. The van der Waals surface area contributed by atoms with Crippen LogP contribution in [0.25, 0.3) is 0 Å². The number of rotatable bonds is 6. The molecule has 0 bridgehead atoms. The van der Waals surface area contributed by atoms with E-state index in [4.69, 9.17) is 0 Å². The van der Waals surface area contributed by atoms with Crippen molar-refractivity contribution < 1.29 is 9.59 Å². The van der Waals surface area contributed by atoms with Crippen LogP contribution in [0.15, 0.2) is 30.3 Å². The van der Waals surface area contributed by atoms with Gasteiger partial charge in [-0.15, -0.1) is 0 Å². The molecule has 5 nitrogen and oxygen atoms in total. The topological polar surface area (TPSA) is 61.4 Å². The summed E-state index contributed by atoms with van der Waals surface area (Å²) in [6.45, 7) is 9.23. The Labute approximate surface area is 151 Å². The van der Waals surface area contributed by atoms with Gasteiger partial charge in [0.05, 0.1) is 0 Å². The number of nitrogens with one attached hydrogen (secondary N) is 2. The van der Waals surface area contributed by atoms with Crippen molar-refractivity contribution in [1.29, 1.82) is 0 Å². The molecular weight excluding hydrogens is 314 g/mol. The first kappa shape index (κ1) is 19.4. The molecule has 0 aliphatic carbocycles. The molecule has 1 saturated heterocycles. The zero-order valence-corrected chi connectivity index (χ0v) is 15.8. The standard InChI is InChI=1S/C20H31N3O2/c1-5-16-13-23(15(4)24)12-11-18(16)22-19(20(25)21-14(2)3)17-9-7-6-8-10-17/h6-10,14,16,18-19,22H,5,11-13H2,1-4H3,(H,21,25)/t16-,18-,19+/m1/s1. The van der Waals surface area contributed by atoms with Crippen LogP contribution in [-0.4, -0.2) is 41.9 Å². The van der Waals surface area contributed by atoms with Crippen molar-refractivity contribution in [1.82, 2.24) is 15.5 Å². The Balaban J connectivity index is 2.15. The van der Waals surface area contributed by atoms with E-state index < -0.39 is 0 Å². The lowest BCUT2D eigenvalue weighted by Gasteiger charge is -2.40. The number of amides is 2. The summed E-state index contributed by atoms with van der Waals surface area (Å²) in [4.78, 5) is 26.4. The van der Waals surface area contributed by atoms with Crippen LogP contribution < -0.4 is 10.6 Å². The predicted octanol–water partition coefficient (Wildman–Crippen LogP) is 2.49. The SMILES string of the molecule is CC[C@@H]1CN(C(C)=O)CC[C@H]1N[C@H](C(=O)NC(C)C)c1ccccc1. The largest absolute Gasteiger partial charge is 0.352 e. The maximum Gasteiger partial charge on any atom is 0.241 e. The van der Waals surface area contributed by atoms with E-state index in [0.29, 0.717) is 5.92 Å². The van der Waals surface area contributed by atoms with Gasteiger partial charge in [-0.2, -0.15) is 0 Å². The second-order valence-electron chi connectivity index (χ2n) is 7.20. The van der Waals surface area contributed by atoms with Crippen LogP contribution in [-0.2, 0) is 9.59 Å². The fourth-order valence-electron chi connectivity index (χ4n) is 3.50. The highest BCUT2D eigenvalue weighted by atomic mass is 16.2. The minimum Gasteiger partial charge on any atom is -0.352 e. The van der Waals surface area contributed by atoms with Gasteiger partial charge >= 0.3 is 0 Å². The lowest BCUT2D eigenvalue weighted by atomic mass is 9.88. The fraction of sp³-hybridized carbons (Fsp3) is 0.600. The Morgan fingerprint density at radius 3 is 2.48 bits per heavy atom. The highest BCUT2D eigenvalue weighted by Gasteiger charge is 2.32. The van der Waals surface area contributed by atoms with E-state index in [2.05, 4.69) is 17.6 Å². The maximum absolute atomic E-state index is 12.8. The molecule has 1 aromatic carbocycles. The Morgan fingerprint density at radius 1 is 1.24 bits per heavy atom. The quantitative estimate of drug-likeness (QED) is 0.833. The van der Waals surface area contributed by atoms with Crippen LogP contribution in [0.1, 0.15) is 52.1 Å². The highest BCUT2D eigenvalue weighted by molar-refractivity contribution is 5.83. The number of likely N-dealkylation sites (tertiary alicyclic amines) is 1. The average Bonchev–Trinajstić information content (AvgIpc) is 2.59. The van der Waals surface area contributed by atoms with Crippen molar-refractivity contribution in [2.24, 2.45) is 5.92 Å². The molecule has 0 saturated carbocycles. The minimum absolute atomic E-state index is 0.00468. The lowest BCUT2D eigenvalue weighted by molar-refractivity contribution is -0.131. The van der Waals surface area contributed by atoms with Crippen molar-refractivity contribution >= 4 is 11.8 Å². The van der Waals surface area contributed by atoms with Crippen molar-refractivity contribution in [3.05, 3.63) is 35.9 Å². The van der Waals surface area contributed by atoms with Crippen LogP contribution in [0.5, 0.6) is 0 Å². The van der Waals surface area contributed by atoms with Crippen molar-refractivity contribution in [2.45, 2.75) is 58.7 Å². The van der Waals surface area contributed by atoms with Gasteiger partial charge in [-0.1, -0.05) is 43.7 Å². The van der Waals surface area contributed by atoms with Crippen molar-refractivity contribution in [3.8, 4) is 0 Å². The number of carbonyl (C=O) groups is 2. The molecule has 3 atom stereocenters. The molecule has 2 rings (SSSR count). The van der Waals surface area contributed by atoms with Gasteiger partial charge < -0.3 is 10.2 Å². The van der Waals surface area contributed by atoms with Crippen LogP contribution in [0.2, 0.25) is 0 Å². The monoisotopic (exact) mass is 345 g/mol. The van der Waals surface area contributed by atoms with Crippen molar-refractivity contribution in [2.75, 3.05) is 13.1 Å². The molecule has 1 aliphatic heterocycles. The van der Waals surface area contributed by atoms with Crippen LogP contribution >= 0.6 is 0 Å². The van der Waals surface area contributed by atoms with Gasteiger partial charge in [0.15, 0.2) is 0 Å². The molecular formula is C20H31N3O2. The van der Waals surface area contributed by atoms with Crippen LogP contribution in [0.3, 0.4) is 0 Å². The molecule has 1 aliphatic rings. The summed E-state index contributed by atoms with van der Waals surface area (Å²) in [5.74, 6) is 0.495. The summed E-state index contributed by atoms with van der Waals surface area (Å²) in [7, 11) is 0. The molecule has 0 spiro atoms. The summed E-state index contributed by atoms with van der Waals surface area (Å²) in [6, 6.07) is 9.82. The third-order valence-electron chi connectivity index (χ3n) is 4.91. The molecule has 2 N–H and O–H groups in total. The third-order valence-corrected chi connectivity index (χ3v) is 4.91. The van der Waals surface area contributed by atoms with Crippen LogP contribution in [0.4, 0.5) is 0 Å². The van der Waals surface area contributed by atoms with Gasteiger partial charge in [-0.3, -0.25) is 14.9 Å². The number of benzene rings is 1. The summed E-state index contributed by atoms with van der Waals surface area (Å²) in [5, 5.41) is 6.61. The van der Waals surface area contributed by atoms with E-state index >= 15 is 0 Å². The summed E-state index contributed by atoms with van der Waals surface area (Å²) >= 11 is 0. The molecule has 138 valence electrons. The molecule has 1 aromatic rings. The van der Waals surface area contributed by atoms with Gasteiger partial charge in [0.25, 0.3) is 0 Å². The molecule has 1 heterocycles. The van der Waals surface area contributed by atoms with E-state index in [1.807, 2.05) is 49.1 Å². The summed E-state index contributed by atoms with van der Waals surface area (Å²) < 4.78 is 0. The van der Waals surface area contributed by atoms with E-state index in [1.54, 1.807) is 6.92 Å². The van der Waals surface area contributed by atoms with Gasteiger partial charge in [-0.25, -0.2) is 0 Å². The Morgan fingerprint density at radius 2 is 1.92 bits per heavy atom.